The molecule has 2 saturated heterocycles. The third kappa shape index (κ3) is 16.7. The predicted octanol–water partition coefficient (Wildman–Crippen LogP) is 5.60. The van der Waals surface area contributed by atoms with Gasteiger partial charge >= 0.3 is 0 Å². The number of anilines is 1. The van der Waals surface area contributed by atoms with E-state index in [4.69, 9.17) is 11.6 Å². The van der Waals surface area contributed by atoms with Crippen LogP contribution in [0.2, 0.25) is 5.28 Å². The zero-order valence-corrected chi connectivity index (χ0v) is 24.9. The maximum Gasteiger partial charge on any atom is 0.293 e. The highest BCUT2D eigenvalue weighted by Crippen LogP contribution is 2.23. The summed E-state index contributed by atoms with van der Waals surface area (Å²) in [4.78, 5) is 26.7. The summed E-state index contributed by atoms with van der Waals surface area (Å²) in [6, 6.07) is 1.36. The number of nitrogens with one attached hydrogen (secondary N) is 1. The number of piperidine rings is 1. The fourth-order valence-corrected chi connectivity index (χ4v) is 3.47. The van der Waals surface area contributed by atoms with Gasteiger partial charge in [-0.1, -0.05) is 54.4 Å². The van der Waals surface area contributed by atoms with Gasteiger partial charge in [0.15, 0.2) is 0 Å². The number of carbonyl (C=O) groups is 1. The van der Waals surface area contributed by atoms with E-state index in [-0.39, 0.29) is 10.9 Å². The van der Waals surface area contributed by atoms with E-state index in [9.17, 15) is 4.79 Å². The van der Waals surface area contributed by atoms with Crippen LogP contribution in [0.1, 0.15) is 94.4 Å². The standard InChI is InChI=1S/C13H21ClN6.C5H10O2.C4H10.2C2H6/c1-15-10-2-5-20(8-10)11-3-6-19(7-4-11)13-17-9-16-12(14)18-13;1-5(2,3)7-4-6;1-3-4-2;2*1-2/h9-11,15H,2-8H2,1H3;4H,1-3H3;3-4H2,1-2H3;2*1-2H3. The molecule has 1 aromatic rings. The first-order chi connectivity index (χ1) is 16.7. The highest BCUT2D eigenvalue weighted by molar-refractivity contribution is 6.28. The van der Waals surface area contributed by atoms with E-state index < -0.39 is 0 Å². The summed E-state index contributed by atoms with van der Waals surface area (Å²) >= 11 is 5.82. The Bertz CT molecular complexity index is 620. The van der Waals surface area contributed by atoms with Crippen LogP contribution in [-0.2, 0) is 9.53 Å². The van der Waals surface area contributed by atoms with Gasteiger partial charge in [-0.3, -0.25) is 9.69 Å². The molecule has 35 heavy (non-hydrogen) atoms. The van der Waals surface area contributed by atoms with Gasteiger partial charge in [-0.05, 0) is 58.7 Å². The Hall–Kier alpha value is -1.51. The summed E-state index contributed by atoms with van der Waals surface area (Å²) < 4.78 is 4.55. The zero-order valence-electron chi connectivity index (χ0n) is 24.1. The van der Waals surface area contributed by atoms with Gasteiger partial charge in [0, 0.05) is 38.3 Å². The van der Waals surface area contributed by atoms with Crippen molar-refractivity contribution in [2.24, 2.45) is 0 Å². The molecule has 2 fully saturated rings. The first kappa shape index (κ1) is 35.7. The van der Waals surface area contributed by atoms with Gasteiger partial charge in [0.05, 0.1) is 0 Å². The molecule has 0 bridgehead atoms. The third-order valence-corrected chi connectivity index (χ3v) is 5.51. The zero-order chi connectivity index (χ0) is 27.3. The van der Waals surface area contributed by atoms with Crippen LogP contribution in [-0.4, -0.2) is 77.2 Å². The minimum atomic E-state index is -0.318. The molecule has 1 aromatic heterocycles. The van der Waals surface area contributed by atoms with Gasteiger partial charge in [0.2, 0.25) is 11.2 Å². The molecule has 1 N–H and O–H groups in total. The van der Waals surface area contributed by atoms with Crippen LogP contribution < -0.4 is 10.2 Å². The number of nitrogens with zero attached hydrogens (tertiary/aromatic N) is 5. The van der Waals surface area contributed by atoms with Crippen molar-refractivity contribution in [3.63, 3.8) is 0 Å². The molecule has 1 unspecified atom stereocenters. The molecule has 206 valence electrons. The molecule has 1 atom stereocenters. The number of unbranched alkanes of at least 4 members (excludes halogenated alkanes) is 1. The van der Waals surface area contributed by atoms with Gasteiger partial charge in [-0.25, -0.2) is 9.97 Å². The van der Waals surface area contributed by atoms with Crippen molar-refractivity contribution in [2.45, 2.75) is 112 Å². The van der Waals surface area contributed by atoms with E-state index in [1.165, 1.54) is 51.5 Å². The van der Waals surface area contributed by atoms with E-state index in [2.05, 4.69) is 55.7 Å². The van der Waals surface area contributed by atoms with Gasteiger partial charge in [-0.15, -0.1) is 0 Å². The summed E-state index contributed by atoms with van der Waals surface area (Å²) in [7, 11) is 2.06. The van der Waals surface area contributed by atoms with E-state index in [0.717, 1.165) is 13.1 Å². The second-order valence-corrected chi connectivity index (χ2v) is 9.21. The number of aromatic nitrogens is 3. The van der Waals surface area contributed by atoms with E-state index >= 15 is 0 Å². The van der Waals surface area contributed by atoms with E-state index in [1.807, 2.05) is 48.5 Å². The second kappa shape index (κ2) is 21.7. The van der Waals surface area contributed by atoms with Crippen molar-refractivity contribution in [3.05, 3.63) is 11.6 Å². The summed E-state index contributed by atoms with van der Waals surface area (Å²) in [5.74, 6) is 0.706. The van der Waals surface area contributed by atoms with Crippen LogP contribution in [0.4, 0.5) is 5.95 Å². The molecule has 3 heterocycles. The first-order valence-electron chi connectivity index (χ1n) is 13.4. The van der Waals surface area contributed by atoms with Gasteiger partial charge < -0.3 is 15.0 Å². The summed E-state index contributed by atoms with van der Waals surface area (Å²) in [5, 5.41) is 3.65. The average molecular weight is 517 g/mol. The molecule has 0 aliphatic carbocycles. The molecule has 0 amide bonds. The number of hydrogen-bond acceptors (Lipinski definition) is 8. The number of likely N-dealkylation sites (N-methyl/N-ethyl adjacent to an activating group) is 1. The van der Waals surface area contributed by atoms with Crippen LogP contribution >= 0.6 is 11.6 Å². The predicted molar refractivity (Wildman–Crippen MR) is 149 cm³/mol. The quantitative estimate of drug-likeness (QED) is 0.506. The van der Waals surface area contributed by atoms with Crippen molar-refractivity contribution in [2.75, 3.05) is 38.1 Å². The van der Waals surface area contributed by atoms with Crippen molar-refractivity contribution in [1.29, 1.82) is 0 Å². The molecule has 8 nitrogen and oxygen atoms in total. The number of carbonyl (C=O) groups excluding carboxylic acids is 1. The highest BCUT2D eigenvalue weighted by atomic mass is 35.5. The lowest BCUT2D eigenvalue weighted by Gasteiger charge is -2.36. The van der Waals surface area contributed by atoms with Crippen LogP contribution in [0.5, 0.6) is 0 Å². The number of ether oxygens (including phenoxy) is 1. The topological polar surface area (TPSA) is 83.5 Å². The SMILES string of the molecule is CC.CC.CC(C)(C)OC=O.CCCC.CNC1CCN(C2CCN(c3ncnc(Cl)n3)CC2)C1. The van der Waals surface area contributed by atoms with Gasteiger partial charge in [0.1, 0.15) is 11.9 Å². The third-order valence-electron chi connectivity index (χ3n) is 5.32. The largest absolute Gasteiger partial charge is 0.462 e. The van der Waals surface area contributed by atoms with Crippen molar-refractivity contribution in [3.8, 4) is 0 Å². The maximum absolute atomic E-state index is 9.60. The number of halogens is 1. The average Bonchev–Trinajstić information content (AvgIpc) is 3.36. The molecule has 0 saturated carbocycles. The molecule has 2 aliphatic rings. The van der Waals surface area contributed by atoms with Crippen LogP contribution in [0.3, 0.4) is 0 Å². The lowest BCUT2D eigenvalue weighted by Crippen LogP contribution is -2.45. The minimum Gasteiger partial charge on any atom is -0.462 e. The van der Waals surface area contributed by atoms with Crippen molar-refractivity contribution < 1.29 is 9.53 Å². The summed E-state index contributed by atoms with van der Waals surface area (Å²) in [6.07, 6.45) is 7.72. The lowest BCUT2D eigenvalue weighted by atomic mass is 10.0. The molecule has 3 rings (SSSR count). The summed E-state index contributed by atoms with van der Waals surface area (Å²) in [6.45, 7) is 22.7. The van der Waals surface area contributed by atoms with E-state index in [1.54, 1.807) is 0 Å². The molecule has 0 aromatic carbocycles. The Kier molecular flexibility index (Phi) is 22.2. The maximum atomic E-state index is 9.60. The fraction of sp³-hybridized carbons (Fsp3) is 0.846. The molecule has 2 aliphatic heterocycles. The van der Waals surface area contributed by atoms with Crippen LogP contribution in [0.25, 0.3) is 0 Å². The second-order valence-electron chi connectivity index (χ2n) is 8.87. The van der Waals surface area contributed by atoms with Crippen molar-refractivity contribution in [1.82, 2.24) is 25.2 Å². The number of rotatable bonds is 5. The van der Waals surface area contributed by atoms with Gasteiger partial charge in [0.25, 0.3) is 6.47 Å². The monoisotopic (exact) mass is 516 g/mol. The van der Waals surface area contributed by atoms with Crippen molar-refractivity contribution >= 4 is 24.0 Å². The number of hydrogen-bond donors (Lipinski definition) is 1. The molecular weight excluding hydrogens is 464 g/mol. The fourth-order valence-electron chi connectivity index (χ4n) is 3.35. The Morgan fingerprint density at radius 2 is 1.63 bits per heavy atom. The lowest BCUT2D eigenvalue weighted by molar-refractivity contribution is -0.138. The van der Waals surface area contributed by atoms with Gasteiger partial charge in [-0.2, -0.15) is 4.98 Å². The Balaban J connectivity index is 0. The number of likely N-dealkylation sites (tertiary alicyclic amines) is 1. The highest BCUT2D eigenvalue weighted by Gasteiger charge is 2.30. The molecular formula is C26H53ClN6O2. The minimum absolute atomic E-state index is 0.272. The van der Waals surface area contributed by atoms with E-state index in [0.29, 0.717) is 24.5 Å². The smallest absolute Gasteiger partial charge is 0.293 e. The summed E-state index contributed by atoms with van der Waals surface area (Å²) in [5.41, 5.74) is -0.318. The van der Waals surface area contributed by atoms with Crippen LogP contribution in [0, 0.1) is 0 Å². The Labute approximate surface area is 220 Å². The Morgan fingerprint density at radius 1 is 1.06 bits per heavy atom. The molecule has 0 radical (unpaired) electrons. The normalized spacial score (nSPS) is 17.8. The van der Waals surface area contributed by atoms with Crippen LogP contribution in [0.15, 0.2) is 6.33 Å². The first-order valence-corrected chi connectivity index (χ1v) is 13.7. The molecule has 9 heteroatoms. The molecule has 0 spiro atoms. The Morgan fingerprint density at radius 3 is 2.00 bits per heavy atom.